The molecule has 0 unspecified atom stereocenters. The summed E-state index contributed by atoms with van der Waals surface area (Å²) in [5, 5.41) is 0. The molecular weight excluding hydrogens is 277 g/mol. The highest BCUT2D eigenvalue weighted by molar-refractivity contribution is 9.10. The molecule has 6 heteroatoms. The molecule has 0 bridgehead atoms. The molecule has 0 amide bonds. The van der Waals surface area contributed by atoms with E-state index in [1.165, 1.54) is 0 Å². The van der Waals surface area contributed by atoms with E-state index in [0.717, 1.165) is 12.1 Å². The van der Waals surface area contributed by atoms with Crippen molar-refractivity contribution in [3.63, 3.8) is 0 Å². The molecule has 14 heavy (non-hydrogen) atoms. The maximum Gasteiger partial charge on any atom is 0.150 e. The summed E-state index contributed by atoms with van der Waals surface area (Å²) < 4.78 is 26.1. The Kier molecular flexibility index (Phi) is 3.83. The first-order valence-corrected chi connectivity index (χ1v) is 4.91. The highest BCUT2D eigenvalue weighted by atomic mass is 79.9. The largest absolute Gasteiger partial charge is 0.386 e. The molecule has 0 fully saturated rings. The Balaban J connectivity index is 3.16. The number of halogens is 4. The van der Waals surface area contributed by atoms with Crippen molar-refractivity contribution in [1.82, 2.24) is 0 Å². The van der Waals surface area contributed by atoms with Crippen molar-refractivity contribution in [1.29, 1.82) is 0 Å². The lowest BCUT2D eigenvalue weighted by Gasteiger charge is -2.00. The van der Waals surface area contributed by atoms with E-state index < -0.39 is 11.6 Å². The van der Waals surface area contributed by atoms with Gasteiger partial charge in [0.15, 0.2) is 0 Å². The molecule has 0 aliphatic rings. The van der Waals surface area contributed by atoms with Crippen molar-refractivity contribution in [2.45, 2.75) is 0 Å². The zero-order valence-corrected chi connectivity index (χ0v) is 9.24. The summed E-state index contributed by atoms with van der Waals surface area (Å²) >= 11 is 8.19. The van der Waals surface area contributed by atoms with Gasteiger partial charge in [0.05, 0.1) is 10.4 Å². The van der Waals surface area contributed by atoms with Crippen molar-refractivity contribution < 1.29 is 8.78 Å². The van der Waals surface area contributed by atoms with E-state index in [-0.39, 0.29) is 21.9 Å². The Bertz CT molecular complexity index is 382. The summed E-state index contributed by atoms with van der Waals surface area (Å²) in [6.07, 6.45) is 0. The second-order valence-electron chi connectivity index (χ2n) is 2.45. The first-order valence-electron chi connectivity index (χ1n) is 3.58. The van der Waals surface area contributed by atoms with Crippen LogP contribution in [0.5, 0.6) is 0 Å². The number of alkyl halides is 1. The number of hydrogen-bond acceptors (Lipinski definition) is 1. The number of aliphatic imine (C=N–C) groups is 1. The molecule has 1 rings (SSSR count). The highest BCUT2D eigenvalue weighted by Gasteiger charge is 2.07. The maximum absolute atomic E-state index is 13.1. The van der Waals surface area contributed by atoms with Crippen molar-refractivity contribution in [2.75, 3.05) is 5.88 Å². The molecule has 1 aromatic carbocycles. The molecule has 0 aliphatic heterocycles. The molecular formula is C8H6BrClF2N2. The molecule has 0 saturated carbocycles. The van der Waals surface area contributed by atoms with Crippen LogP contribution < -0.4 is 5.73 Å². The maximum atomic E-state index is 13.1. The van der Waals surface area contributed by atoms with E-state index in [0.29, 0.717) is 0 Å². The van der Waals surface area contributed by atoms with Gasteiger partial charge in [-0.05, 0) is 22.0 Å². The van der Waals surface area contributed by atoms with Gasteiger partial charge in [0.25, 0.3) is 0 Å². The fourth-order valence-electron chi connectivity index (χ4n) is 0.782. The molecule has 0 spiro atoms. The summed E-state index contributed by atoms with van der Waals surface area (Å²) in [6, 6.07) is 1.93. The van der Waals surface area contributed by atoms with Crippen LogP contribution in [0.2, 0.25) is 0 Å². The fraction of sp³-hybridized carbons (Fsp3) is 0.125. The third kappa shape index (κ3) is 2.65. The number of benzene rings is 1. The molecule has 1 aromatic rings. The zero-order chi connectivity index (χ0) is 10.7. The Hall–Kier alpha value is -0.680. The Morgan fingerprint density at radius 2 is 2.07 bits per heavy atom. The lowest BCUT2D eigenvalue weighted by Crippen LogP contribution is -2.12. The summed E-state index contributed by atoms with van der Waals surface area (Å²) in [7, 11) is 0. The van der Waals surface area contributed by atoms with Crippen molar-refractivity contribution in [3.05, 3.63) is 28.2 Å². The van der Waals surface area contributed by atoms with Crippen LogP contribution in [0.4, 0.5) is 14.5 Å². The smallest absolute Gasteiger partial charge is 0.150 e. The van der Waals surface area contributed by atoms with Gasteiger partial charge < -0.3 is 5.73 Å². The van der Waals surface area contributed by atoms with Crippen LogP contribution in [-0.2, 0) is 0 Å². The average Bonchev–Trinajstić information content (AvgIpc) is 2.14. The Morgan fingerprint density at radius 1 is 1.43 bits per heavy atom. The monoisotopic (exact) mass is 282 g/mol. The molecule has 0 heterocycles. The van der Waals surface area contributed by atoms with Gasteiger partial charge in [-0.1, -0.05) is 0 Å². The van der Waals surface area contributed by atoms with Gasteiger partial charge in [0.2, 0.25) is 0 Å². The summed E-state index contributed by atoms with van der Waals surface area (Å²) in [5.41, 5.74) is 5.12. The first kappa shape index (κ1) is 11.4. The molecule has 0 radical (unpaired) electrons. The quantitative estimate of drug-likeness (QED) is 0.385. The lowest BCUT2D eigenvalue weighted by molar-refractivity contribution is 0.596. The minimum Gasteiger partial charge on any atom is -0.386 e. The van der Waals surface area contributed by atoms with Crippen molar-refractivity contribution >= 4 is 39.1 Å². The van der Waals surface area contributed by atoms with Gasteiger partial charge in [0, 0.05) is 6.07 Å². The summed E-state index contributed by atoms with van der Waals surface area (Å²) in [6.45, 7) is 0. The fourth-order valence-corrected chi connectivity index (χ4v) is 1.16. The number of hydrogen-bond donors (Lipinski definition) is 1. The van der Waals surface area contributed by atoms with Gasteiger partial charge in [-0.2, -0.15) is 0 Å². The van der Waals surface area contributed by atoms with Crippen LogP contribution in [0, 0.1) is 11.6 Å². The Labute approximate surface area is 92.9 Å². The van der Waals surface area contributed by atoms with Crippen LogP contribution in [0.15, 0.2) is 21.6 Å². The van der Waals surface area contributed by atoms with Crippen molar-refractivity contribution in [2.24, 2.45) is 10.7 Å². The minimum atomic E-state index is -0.661. The van der Waals surface area contributed by atoms with Gasteiger partial charge in [0.1, 0.15) is 23.2 Å². The van der Waals surface area contributed by atoms with Gasteiger partial charge in [-0.3, -0.25) is 0 Å². The van der Waals surface area contributed by atoms with Crippen LogP contribution in [0.1, 0.15) is 0 Å². The van der Waals surface area contributed by atoms with E-state index in [4.69, 9.17) is 17.3 Å². The van der Waals surface area contributed by atoms with Gasteiger partial charge in [-0.25, -0.2) is 13.8 Å². The SMILES string of the molecule is NC(CCl)=Nc1cc(F)c(Br)cc1F. The molecule has 0 aliphatic carbocycles. The normalized spacial score (nSPS) is 11.9. The van der Waals surface area contributed by atoms with E-state index in [2.05, 4.69) is 20.9 Å². The predicted molar refractivity (Wildman–Crippen MR) is 56.1 cm³/mol. The van der Waals surface area contributed by atoms with Crippen LogP contribution >= 0.6 is 27.5 Å². The molecule has 2 N–H and O–H groups in total. The predicted octanol–water partition coefficient (Wildman–Crippen LogP) is 2.95. The number of nitrogens with zero attached hydrogens (tertiary/aromatic N) is 1. The molecule has 76 valence electrons. The summed E-state index contributed by atoms with van der Waals surface area (Å²) in [5.74, 6) is -1.26. The number of rotatable bonds is 2. The third-order valence-corrected chi connectivity index (χ3v) is 2.27. The zero-order valence-electron chi connectivity index (χ0n) is 6.90. The minimum absolute atomic E-state index is 0.0306. The number of nitrogens with two attached hydrogens (primary N) is 1. The molecule has 0 saturated heterocycles. The lowest BCUT2D eigenvalue weighted by atomic mass is 10.3. The Morgan fingerprint density at radius 3 is 2.64 bits per heavy atom. The highest BCUT2D eigenvalue weighted by Crippen LogP contribution is 2.25. The van der Waals surface area contributed by atoms with Crippen LogP contribution in [0.3, 0.4) is 0 Å². The van der Waals surface area contributed by atoms with Gasteiger partial charge in [-0.15, -0.1) is 11.6 Å². The second kappa shape index (κ2) is 4.70. The van der Waals surface area contributed by atoms with Crippen molar-refractivity contribution in [3.8, 4) is 0 Å². The van der Waals surface area contributed by atoms with Crippen LogP contribution in [-0.4, -0.2) is 11.7 Å². The van der Waals surface area contributed by atoms with E-state index in [9.17, 15) is 8.78 Å². The average molecular weight is 284 g/mol. The molecule has 2 nitrogen and oxygen atoms in total. The van der Waals surface area contributed by atoms with E-state index >= 15 is 0 Å². The molecule has 0 aromatic heterocycles. The molecule has 0 atom stereocenters. The standard InChI is InChI=1S/C8H6BrClF2N2/c9-4-1-6(12)7(2-5(4)11)14-8(13)3-10/h1-2H,3H2,(H2,13,14). The van der Waals surface area contributed by atoms with Gasteiger partial charge >= 0.3 is 0 Å². The third-order valence-electron chi connectivity index (χ3n) is 1.39. The second-order valence-corrected chi connectivity index (χ2v) is 3.58. The number of amidine groups is 1. The van der Waals surface area contributed by atoms with Crippen LogP contribution in [0.25, 0.3) is 0 Å². The van der Waals surface area contributed by atoms with E-state index in [1.54, 1.807) is 0 Å². The van der Waals surface area contributed by atoms with E-state index in [1.807, 2.05) is 0 Å². The topological polar surface area (TPSA) is 38.4 Å². The summed E-state index contributed by atoms with van der Waals surface area (Å²) in [4.78, 5) is 3.61. The first-order chi connectivity index (χ1) is 6.54.